The average Bonchev–Trinajstić information content (AvgIpc) is 2.65. The van der Waals surface area contributed by atoms with Crippen LogP contribution in [0.15, 0.2) is 30.3 Å². The third-order valence-corrected chi connectivity index (χ3v) is 4.14. The molecule has 0 saturated carbocycles. The summed E-state index contributed by atoms with van der Waals surface area (Å²) < 4.78 is 13.1. The summed E-state index contributed by atoms with van der Waals surface area (Å²) in [5.41, 5.74) is 0.503. The maximum absolute atomic E-state index is 13.1. The third kappa shape index (κ3) is 4.03. The minimum atomic E-state index is -0.557. The van der Waals surface area contributed by atoms with E-state index in [1.165, 1.54) is 18.2 Å². The van der Waals surface area contributed by atoms with Crippen molar-refractivity contribution in [3.8, 4) is 0 Å². The van der Waals surface area contributed by atoms with Gasteiger partial charge in [-0.2, -0.15) is 0 Å². The highest BCUT2D eigenvalue weighted by Crippen LogP contribution is 2.20. The highest BCUT2D eigenvalue weighted by molar-refractivity contribution is 6.31. The van der Waals surface area contributed by atoms with Gasteiger partial charge in [0.15, 0.2) is 11.5 Å². The van der Waals surface area contributed by atoms with Crippen molar-refractivity contribution in [1.29, 1.82) is 0 Å². The number of benzene rings is 1. The number of piperazine rings is 1. The Balaban J connectivity index is 1.64. The zero-order valence-corrected chi connectivity index (χ0v) is 13.9. The number of rotatable bonds is 4. The van der Waals surface area contributed by atoms with Crippen molar-refractivity contribution in [2.24, 2.45) is 0 Å². The molecule has 0 atom stereocenters. The first kappa shape index (κ1) is 17.1. The van der Waals surface area contributed by atoms with Crippen LogP contribution in [0.1, 0.15) is 10.5 Å². The maximum Gasteiger partial charge on any atom is 0.276 e. The van der Waals surface area contributed by atoms with Crippen LogP contribution in [0.3, 0.4) is 0 Å². The van der Waals surface area contributed by atoms with E-state index in [9.17, 15) is 14.0 Å². The summed E-state index contributed by atoms with van der Waals surface area (Å²) in [4.78, 5) is 26.6. The molecule has 1 aliphatic rings. The lowest BCUT2D eigenvalue weighted by molar-refractivity contribution is -0.118. The first-order valence-corrected chi connectivity index (χ1v) is 7.99. The third-order valence-electron chi connectivity index (χ3n) is 3.85. The van der Waals surface area contributed by atoms with Gasteiger partial charge < -0.3 is 15.1 Å². The van der Waals surface area contributed by atoms with Gasteiger partial charge in [0.05, 0.1) is 5.02 Å². The summed E-state index contributed by atoms with van der Waals surface area (Å²) in [6, 6.07) is 7.17. The molecular formula is C16H15ClFN5O2. The fraction of sp³-hybridized carbons (Fsp3) is 0.250. The number of halogens is 2. The minimum absolute atomic E-state index is 0.0753. The molecule has 3 rings (SSSR count). The van der Waals surface area contributed by atoms with E-state index in [0.29, 0.717) is 37.7 Å². The second kappa shape index (κ2) is 7.43. The Kier molecular flexibility index (Phi) is 5.08. The van der Waals surface area contributed by atoms with Crippen LogP contribution >= 0.6 is 11.6 Å². The molecule has 1 aromatic heterocycles. The first-order chi connectivity index (χ1) is 12.1. The van der Waals surface area contributed by atoms with E-state index in [1.54, 1.807) is 17.0 Å². The molecular weight excluding hydrogens is 349 g/mol. The van der Waals surface area contributed by atoms with Crippen molar-refractivity contribution in [2.45, 2.75) is 0 Å². The molecule has 130 valence electrons. The number of carbonyl (C=O) groups is 2. The lowest BCUT2D eigenvalue weighted by Crippen LogP contribution is -2.46. The van der Waals surface area contributed by atoms with E-state index in [2.05, 4.69) is 15.5 Å². The van der Waals surface area contributed by atoms with Gasteiger partial charge >= 0.3 is 0 Å². The van der Waals surface area contributed by atoms with Gasteiger partial charge in [-0.25, -0.2) is 4.39 Å². The lowest BCUT2D eigenvalue weighted by atomic mass is 10.3. The molecule has 1 saturated heterocycles. The van der Waals surface area contributed by atoms with Crippen molar-refractivity contribution < 1.29 is 14.0 Å². The molecule has 1 aromatic carbocycles. The number of hydrogen-bond acceptors (Lipinski definition) is 5. The van der Waals surface area contributed by atoms with E-state index in [0.717, 1.165) is 6.41 Å². The zero-order valence-electron chi connectivity index (χ0n) is 13.2. The molecule has 9 heteroatoms. The van der Waals surface area contributed by atoms with Crippen LogP contribution in [0.2, 0.25) is 5.02 Å². The maximum atomic E-state index is 13.1. The Morgan fingerprint density at radius 2 is 1.92 bits per heavy atom. The number of nitrogens with zero attached hydrogens (tertiary/aromatic N) is 4. The molecule has 2 heterocycles. The first-order valence-electron chi connectivity index (χ1n) is 7.61. The van der Waals surface area contributed by atoms with Crippen molar-refractivity contribution in [3.63, 3.8) is 0 Å². The summed E-state index contributed by atoms with van der Waals surface area (Å²) in [6.07, 6.45) is 0.832. The number of nitrogens with one attached hydrogen (secondary N) is 1. The van der Waals surface area contributed by atoms with Gasteiger partial charge in [-0.3, -0.25) is 9.59 Å². The van der Waals surface area contributed by atoms with Crippen LogP contribution in [-0.2, 0) is 4.79 Å². The fourth-order valence-electron chi connectivity index (χ4n) is 2.44. The van der Waals surface area contributed by atoms with Crippen molar-refractivity contribution in [3.05, 3.63) is 46.9 Å². The topological polar surface area (TPSA) is 78.4 Å². The average molecular weight is 364 g/mol. The molecule has 0 aliphatic carbocycles. The Morgan fingerprint density at radius 1 is 1.16 bits per heavy atom. The second-order valence-corrected chi connectivity index (χ2v) is 5.90. The fourth-order valence-corrected chi connectivity index (χ4v) is 2.62. The predicted octanol–water partition coefficient (Wildman–Crippen LogP) is 1.80. The van der Waals surface area contributed by atoms with Crippen LogP contribution in [0.5, 0.6) is 0 Å². The molecule has 25 heavy (non-hydrogen) atoms. The van der Waals surface area contributed by atoms with E-state index < -0.39 is 11.7 Å². The molecule has 1 N–H and O–H groups in total. The quantitative estimate of drug-likeness (QED) is 0.838. The molecule has 7 nitrogen and oxygen atoms in total. The highest BCUT2D eigenvalue weighted by atomic mass is 35.5. The summed E-state index contributed by atoms with van der Waals surface area (Å²) in [7, 11) is 0. The number of amides is 2. The minimum Gasteiger partial charge on any atom is -0.352 e. The molecule has 2 aromatic rings. The monoisotopic (exact) mass is 363 g/mol. The van der Waals surface area contributed by atoms with Crippen LogP contribution < -0.4 is 10.2 Å². The van der Waals surface area contributed by atoms with Gasteiger partial charge in [-0.1, -0.05) is 11.6 Å². The standard InChI is InChI=1S/C16H15ClFN5O2/c17-12-9-11(1-2-13(12)18)19-16(25)14-3-4-15(21-20-14)23-7-5-22(10-24)6-8-23/h1-4,9-10H,5-8H2,(H,19,25). The van der Waals surface area contributed by atoms with E-state index in [1.807, 2.05) is 4.90 Å². The van der Waals surface area contributed by atoms with Crippen molar-refractivity contribution in [1.82, 2.24) is 15.1 Å². The number of anilines is 2. The Bertz CT molecular complexity index is 779. The molecule has 0 radical (unpaired) electrons. The van der Waals surface area contributed by atoms with Crippen molar-refractivity contribution >= 4 is 35.4 Å². The predicted molar refractivity (Wildman–Crippen MR) is 91.2 cm³/mol. The van der Waals surface area contributed by atoms with E-state index >= 15 is 0 Å². The summed E-state index contributed by atoms with van der Waals surface area (Å²) in [6.45, 7) is 2.57. The SMILES string of the molecule is O=CN1CCN(c2ccc(C(=O)Nc3ccc(F)c(Cl)c3)nn2)CC1. The van der Waals surface area contributed by atoms with Gasteiger partial charge in [0.2, 0.25) is 6.41 Å². The molecule has 1 aliphatic heterocycles. The smallest absolute Gasteiger partial charge is 0.276 e. The number of carbonyl (C=O) groups excluding carboxylic acids is 2. The van der Waals surface area contributed by atoms with Crippen LogP contribution in [0.25, 0.3) is 0 Å². The van der Waals surface area contributed by atoms with Crippen LogP contribution in [-0.4, -0.2) is 53.6 Å². The second-order valence-electron chi connectivity index (χ2n) is 5.49. The van der Waals surface area contributed by atoms with Gasteiger partial charge in [0.1, 0.15) is 5.82 Å². The van der Waals surface area contributed by atoms with Gasteiger partial charge in [-0.15, -0.1) is 10.2 Å². The van der Waals surface area contributed by atoms with Crippen LogP contribution in [0, 0.1) is 5.82 Å². The largest absolute Gasteiger partial charge is 0.352 e. The Hall–Kier alpha value is -2.74. The normalized spacial score (nSPS) is 14.3. The van der Waals surface area contributed by atoms with E-state index in [-0.39, 0.29) is 10.7 Å². The molecule has 0 spiro atoms. The lowest BCUT2D eigenvalue weighted by Gasteiger charge is -2.32. The van der Waals surface area contributed by atoms with E-state index in [4.69, 9.17) is 11.6 Å². The van der Waals surface area contributed by atoms with Crippen molar-refractivity contribution in [2.75, 3.05) is 36.4 Å². The summed E-state index contributed by atoms with van der Waals surface area (Å²) >= 11 is 5.69. The van der Waals surface area contributed by atoms with Gasteiger partial charge in [0, 0.05) is 31.9 Å². The van der Waals surface area contributed by atoms with Gasteiger partial charge in [-0.05, 0) is 30.3 Å². The number of aromatic nitrogens is 2. The molecule has 2 amide bonds. The molecule has 1 fully saturated rings. The Morgan fingerprint density at radius 3 is 2.52 bits per heavy atom. The highest BCUT2D eigenvalue weighted by Gasteiger charge is 2.18. The molecule has 0 unspecified atom stereocenters. The molecule has 0 bridgehead atoms. The summed E-state index contributed by atoms with van der Waals surface area (Å²) in [5.74, 6) is -0.377. The Labute approximate surface area is 148 Å². The number of hydrogen-bond donors (Lipinski definition) is 1. The van der Waals surface area contributed by atoms with Crippen LogP contribution in [0.4, 0.5) is 15.9 Å². The summed E-state index contributed by atoms with van der Waals surface area (Å²) in [5, 5.41) is 10.5. The van der Waals surface area contributed by atoms with Gasteiger partial charge in [0.25, 0.3) is 5.91 Å². The zero-order chi connectivity index (χ0) is 17.8.